The van der Waals surface area contributed by atoms with Crippen LogP contribution in [0.5, 0.6) is 0 Å². The molecule has 0 bridgehead atoms. The number of fused-ring (bicyclic) bond motifs is 1. The van der Waals surface area contributed by atoms with Gasteiger partial charge in [0.05, 0.1) is 17.3 Å². The van der Waals surface area contributed by atoms with Gasteiger partial charge >= 0.3 is 6.18 Å². The number of hydrogen-bond donors (Lipinski definition) is 1. The molecule has 114 valence electrons. The summed E-state index contributed by atoms with van der Waals surface area (Å²) in [5.74, 6) is -0.107. The minimum absolute atomic E-state index is 0.107. The van der Waals surface area contributed by atoms with Crippen LogP contribution in [-0.2, 0) is 12.7 Å². The summed E-state index contributed by atoms with van der Waals surface area (Å²) in [7, 11) is 0. The number of pyridine rings is 1. The quantitative estimate of drug-likeness (QED) is 0.801. The number of anilines is 1. The Morgan fingerprint density at radius 2 is 1.95 bits per heavy atom. The lowest BCUT2D eigenvalue weighted by atomic mass is 10.4. The molecule has 5 nitrogen and oxygen atoms in total. The van der Waals surface area contributed by atoms with E-state index < -0.39 is 11.9 Å². The van der Waals surface area contributed by atoms with Gasteiger partial charge in [-0.05, 0) is 18.2 Å². The van der Waals surface area contributed by atoms with Crippen molar-refractivity contribution < 1.29 is 13.2 Å². The standard InChI is InChI=1S/C13H9ClF3N5/c14-8-1-2-11-20-9(7-22(11)6-8)5-19-12-18-4-3-10(21-12)13(15,16)17/h1-4,6-7H,5H2,(H,18,19,21). The number of alkyl halides is 3. The SMILES string of the molecule is FC(F)(F)c1ccnc(NCc2cn3cc(Cl)ccc3n2)n1. The summed E-state index contributed by atoms with van der Waals surface area (Å²) in [6.45, 7) is 0.195. The van der Waals surface area contributed by atoms with Gasteiger partial charge in [0.2, 0.25) is 5.95 Å². The number of rotatable bonds is 3. The minimum Gasteiger partial charge on any atom is -0.348 e. The third-order valence-corrected chi connectivity index (χ3v) is 3.06. The fraction of sp³-hybridized carbons (Fsp3) is 0.154. The maximum absolute atomic E-state index is 12.6. The van der Waals surface area contributed by atoms with Crippen LogP contribution in [0.3, 0.4) is 0 Å². The molecule has 0 aliphatic heterocycles. The maximum Gasteiger partial charge on any atom is 0.433 e. The molecule has 0 radical (unpaired) electrons. The predicted molar refractivity (Wildman–Crippen MR) is 74.6 cm³/mol. The molecule has 0 spiro atoms. The van der Waals surface area contributed by atoms with Crippen LogP contribution in [0.2, 0.25) is 5.02 Å². The highest BCUT2D eigenvalue weighted by molar-refractivity contribution is 6.30. The number of halogens is 4. The number of aromatic nitrogens is 4. The molecule has 1 N–H and O–H groups in total. The monoisotopic (exact) mass is 327 g/mol. The first kappa shape index (κ1) is 14.6. The summed E-state index contributed by atoms with van der Waals surface area (Å²) in [5, 5.41) is 3.28. The van der Waals surface area contributed by atoms with Gasteiger partial charge in [-0.2, -0.15) is 13.2 Å². The third-order valence-electron chi connectivity index (χ3n) is 2.84. The van der Waals surface area contributed by atoms with E-state index in [9.17, 15) is 13.2 Å². The van der Waals surface area contributed by atoms with E-state index in [-0.39, 0.29) is 12.5 Å². The Bertz CT molecular complexity index is 815. The highest BCUT2D eigenvalue weighted by Crippen LogP contribution is 2.27. The van der Waals surface area contributed by atoms with Crippen LogP contribution < -0.4 is 5.32 Å². The fourth-order valence-corrected chi connectivity index (χ4v) is 2.04. The van der Waals surface area contributed by atoms with Crippen LogP contribution >= 0.6 is 11.6 Å². The van der Waals surface area contributed by atoms with Crippen LogP contribution in [0.1, 0.15) is 11.4 Å². The van der Waals surface area contributed by atoms with Crippen molar-refractivity contribution in [2.45, 2.75) is 12.7 Å². The predicted octanol–water partition coefficient (Wildman–Crippen LogP) is 3.41. The highest BCUT2D eigenvalue weighted by Gasteiger charge is 2.32. The molecule has 0 atom stereocenters. The second kappa shape index (κ2) is 5.45. The molecule has 0 aliphatic rings. The Morgan fingerprint density at radius 1 is 1.14 bits per heavy atom. The first-order valence-corrected chi connectivity index (χ1v) is 6.57. The van der Waals surface area contributed by atoms with E-state index in [1.807, 2.05) is 0 Å². The van der Waals surface area contributed by atoms with Crippen molar-refractivity contribution in [1.29, 1.82) is 0 Å². The van der Waals surface area contributed by atoms with Gasteiger partial charge < -0.3 is 9.72 Å². The molecule has 3 aromatic rings. The molecule has 0 aromatic carbocycles. The molecule has 0 aliphatic carbocycles. The lowest BCUT2D eigenvalue weighted by molar-refractivity contribution is -0.141. The average Bonchev–Trinajstić information content (AvgIpc) is 2.86. The topological polar surface area (TPSA) is 55.1 Å². The van der Waals surface area contributed by atoms with Gasteiger partial charge in [-0.25, -0.2) is 15.0 Å². The molecule has 22 heavy (non-hydrogen) atoms. The Morgan fingerprint density at radius 3 is 2.73 bits per heavy atom. The van der Waals surface area contributed by atoms with E-state index in [0.29, 0.717) is 16.4 Å². The smallest absolute Gasteiger partial charge is 0.348 e. The van der Waals surface area contributed by atoms with Crippen LogP contribution in [0.15, 0.2) is 36.8 Å². The molecule has 0 unspecified atom stereocenters. The zero-order valence-electron chi connectivity index (χ0n) is 11.0. The summed E-state index contributed by atoms with van der Waals surface area (Å²) in [4.78, 5) is 11.5. The van der Waals surface area contributed by atoms with Crippen molar-refractivity contribution >= 4 is 23.2 Å². The first-order chi connectivity index (χ1) is 10.4. The summed E-state index contributed by atoms with van der Waals surface area (Å²) in [5.41, 5.74) is 0.321. The van der Waals surface area contributed by atoms with E-state index >= 15 is 0 Å². The van der Waals surface area contributed by atoms with E-state index in [2.05, 4.69) is 20.3 Å². The molecule has 0 fully saturated rings. The van der Waals surface area contributed by atoms with Gasteiger partial charge in [0.15, 0.2) is 0 Å². The van der Waals surface area contributed by atoms with Gasteiger partial charge in [0.1, 0.15) is 11.3 Å². The largest absolute Gasteiger partial charge is 0.433 e. The van der Waals surface area contributed by atoms with E-state index in [0.717, 1.165) is 12.3 Å². The number of nitrogens with one attached hydrogen (secondary N) is 1. The first-order valence-electron chi connectivity index (χ1n) is 6.19. The number of nitrogens with zero attached hydrogens (tertiary/aromatic N) is 4. The van der Waals surface area contributed by atoms with Crippen molar-refractivity contribution in [2.24, 2.45) is 0 Å². The molecular weight excluding hydrogens is 319 g/mol. The summed E-state index contributed by atoms with van der Waals surface area (Å²) >= 11 is 5.87. The van der Waals surface area contributed by atoms with Crippen LogP contribution in [0.4, 0.5) is 19.1 Å². The van der Waals surface area contributed by atoms with Crippen molar-refractivity contribution in [2.75, 3.05) is 5.32 Å². The van der Waals surface area contributed by atoms with E-state index in [1.54, 1.807) is 28.9 Å². The molecule has 0 amide bonds. The average molecular weight is 328 g/mol. The van der Waals surface area contributed by atoms with E-state index in [1.165, 1.54) is 0 Å². The zero-order chi connectivity index (χ0) is 15.7. The second-order valence-electron chi connectivity index (χ2n) is 4.46. The molecule has 0 saturated carbocycles. The molecule has 3 aromatic heterocycles. The molecule has 0 saturated heterocycles. The van der Waals surface area contributed by atoms with Crippen molar-refractivity contribution in [3.63, 3.8) is 0 Å². The Balaban J connectivity index is 1.76. The lowest BCUT2D eigenvalue weighted by Crippen LogP contribution is -2.11. The second-order valence-corrected chi connectivity index (χ2v) is 4.90. The number of hydrogen-bond acceptors (Lipinski definition) is 4. The molecule has 9 heteroatoms. The van der Waals surface area contributed by atoms with Crippen molar-refractivity contribution in [1.82, 2.24) is 19.4 Å². The van der Waals surface area contributed by atoms with Crippen molar-refractivity contribution in [3.8, 4) is 0 Å². The molecule has 3 rings (SSSR count). The fourth-order valence-electron chi connectivity index (χ4n) is 1.87. The minimum atomic E-state index is -4.50. The van der Waals surface area contributed by atoms with Crippen molar-refractivity contribution in [3.05, 3.63) is 53.2 Å². The molecule has 3 heterocycles. The normalized spacial score (nSPS) is 11.8. The van der Waals surface area contributed by atoms with Gasteiger partial charge in [-0.15, -0.1) is 0 Å². The van der Waals surface area contributed by atoms with Crippen LogP contribution in [-0.4, -0.2) is 19.4 Å². The number of imidazole rings is 1. The van der Waals surface area contributed by atoms with Crippen LogP contribution in [0.25, 0.3) is 5.65 Å². The van der Waals surface area contributed by atoms with Gasteiger partial charge in [0, 0.05) is 18.6 Å². The third kappa shape index (κ3) is 3.11. The van der Waals surface area contributed by atoms with E-state index in [4.69, 9.17) is 11.6 Å². The van der Waals surface area contributed by atoms with Crippen LogP contribution in [0, 0.1) is 0 Å². The van der Waals surface area contributed by atoms with Gasteiger partial charge in [-0.3, -0.25) is 0 Å². The Labute approximate surface area is 127 Å². The summed E-state index contributed by atoms with van der Waals surface area (Å²) in [6.07, 6.45) is -0.0310. The van der Waals surface area contributed by atoms with Gasteiger partial charge in [-0.1, -0.05) is 11.6 Å². The molecular formula is C13H9ClF3N5. The summed E-state index contributed by atoms with van der Waals surface area (Å²) in [6, 6.07) is 4.27. The Kier molecular flexibility index (Phi) is 3.61. The maximum atomic E-state index is 12.6. The highest BCUT2D eigenvalue weighted by atomic mass is 35.5. The summed E-state index contributed by atoms with van der Waals surface area (Å²) < 4.78 is 39.4. The Hall–Kier alpha value is -2.35. The lowest BCUT2D eigenvalue weighted by Gasteiger charge is -2.07. The van der Waals surface area contributed by atoms with Gasteiger partial charge in [0.25, 0.3) is 0 Å². The zero-order valence-corrected chi connectivity index (χ0v) is 11.7.